The van der Waals surface area contributed by atoms with Gasteiger partial charge in [-0.1, -0.05) is 12.1 Å². The molecular weight excluding hydrogens is 522 g/mol. The molecule has 3 rings (SSSR count). The number of hydrogen-bond donors (Lipinski definition) is 2. The van der Waals surface area contributed by atoms with Gasteiger partial charge in [0.2, 0.25) is 0 Å². The zero-order valence-electron chi connectivity index (χ0n) is 21.3. The molecule has 2 aromatic carbocycles. The third-order valence-corrected chi connectivity index (χ3v) is 5.89. The molecule has 206 valence electrons. The molecule has 38 heavy (non-hydrogen) atoms. The smallest absolute Gasteiger partial charge is 0.493 e. The molecule has 0 radical (unpaired) electrons. The van der Waals surface area contributed by atoms with E-state index in [9.17, 15) is 17.7 Å². The van der Waals surface area contributed by atoms with Gasteiger partial charge in [-0.15, -0.1) is 9.42 Å². The average molecular weight is 555 g/mol. The quantitative estimate of drug-likeness (QED) is 0.156. The van der Waals surface area contributed by atoms with Gasteiger partial charge in [0.1, 0.15) is 18.1 Å². The van der Waals surface area contributed by atoms with Crippen LogP contribution in [0.1, 0.15) is 43.4 Å². The first kappa shape index (κ1) is 29.6. The summed E-state index contributed by atoms with van der Waals surface area (Å²) in [5.41, 5.74) is 2.48. The Morgan fingerprint density at radius 3 is 2.47 bits per heavy atom. The average Bonchev–Trinajstić information content (AvgIpc) is 3.39. The zero-order valence-corrected chi connectivity index (χ0v) is 22.2. The van der Waals surface area contributed by atoms with Crippen LogP contribution in [-0.4, -0.2) is 30.8 Å². The third-order valence-electron chi connectivity index (χ3n) is 5.48. The molecule has 0 saturated carbocycles. The molecule has 0 amide bonds. The molecule has 0 fully saturated rings. The van der Waals surface area contributed by atoms with E-state index in [1.54, 1.807) is 32.4 Å². The summed E-state index contributed by atoms with van der Waals surface area (Å²) in [4.78, 5) is 8.65. The number of ether oxygens (including phenoxy) is 2. The van der Waals surface area contributed by atoms with Crippen LogP contribution < -0.4 is 14.8 Å². The van der Waals surface area contributed by atoms with Gasteiger partial charge in [0, 0.05) is 22.2 Å². The summed E-state index contributed by atoms with van der Waals surface area (Å²) in [5.74, 6) is 0.481. The van der Waals surface area contributed by atoms with Gasteiger partial charge >= 0.3 is 14.4 Å². The van der Waals surface area contributed by atoms with Crippen LogP contribution >= 0.6 is 8.25 Å². The van der Waals surface area contributed by atoms with Crippen molar-refractivity contribution in [2.24, 2.45) is 0 Å². The van der Waals surface area contributed by atoms with Crippen LogP contribution in [0.5, 0.6) is 11.5 Å². The van der Waals surface area contributed by atoms with Crippen LogP contribution in [-0.2, 0) is 28.2 Å². The molecule has 11 heteroatoms. The van der Waals surface area contributed by atoms with E-state index in [2.05, 4.69) is 9.84 Å². The summed E-state index contributed by atoms with van der Waals surface area (Å²) in [6.07, 6.45) is -0.134. The lowest BCUT2D eigenvalue weighted by Gasteiger charge is -2.17. The van der Waals surface area contributed by atoms with Gasteiger partial charge in [-0.05, 0) is 81.1 Å². The highest BCUT2D eigenvalue weighted by Crippen LogP contribution is 2.37. The first-order valence-electron chi connectivity index (χ1n) is 12.3. The topological polar surface area (TPSA) is 90.2 Å². The third kappa shape index (κ3) is 9.44. The van der Waals surface area contributed by atoms with Crippen molar-refractivity contribution in [3.8, 4) is 22.6 Å². The predicted octanol–water partition coefficient (Wildman–Crippen LogP) is 6.91. The summed E-state index contributed by atoms with van der Waals surface area (Å²) in [5, 5.41) is 3.26. The van der Waals surface area contributed by atoms with Crippen LogP contribution in [0.25, 0.3) is 11.1 Å². The Bertz CT molecular complexity index is 1170. The van der Waals surface area contributed by atoms with E-state index in [1.807, 2.05) is 24.3 Å². The number of benzene rings is 2. The highest BCUT2D eigenvalue weighted by atomic mass is 31.1. The number of hydrogen-bond acceptors (Lipinski definition) is 6. The second-order valence-electron chi connectivity index (χ2n) is 8.89. The van der Waals surface area contributed by atoms with E-state index in [0.717, 1.165) is 22.8 Å². The Kier molecular flexibility index (Phi) is 11.2. The van der Waals surface area contributed by atoms with Crippen LogP contribution in [0.2, 0.25) is 0 Å². The normalized spacial score (nSPS) is 12.1. The summed E-state index contributed by atoms with van der Waals surface area (Å²) < 4.78 is 72.3. The minimum atomic E-state index is -4.50. The first-order valence-corrected chi connectivity index (χ1v) is 13.4. The van der Waals surface area contributed by atoms with Crippen LogP contribution in [0.15, 0.2) is 59.4 Å². The Labute approximate surface area is 220 Å². The van der Waals surface area contributed by atoms with Crippen molar-refractivity contribution in [1.29, 1.82) is 0 Å². The van der Waals surface area contributed by atoms with E-state index in [0.29, 0.717) is 50.3 Å². The number of alkyl halides is 3. The largest absolute Gasteiger partial charge is 0.694 e. The van der Waals surface area contributed by atoms with Crippen molar-refractivity contribution in [3.63, 3.8) is 0 Å². The standard InChI is InChI=1S/C27H31F3NO6P/c1-19(2)37-26-9-6-20(16-24(26)27(28,29)30)5-3-12-35-25-8-7-21(15-23(25)22-10-14-34-18-22)17-31-11-4-13-36-38(32)33/h6-10,14-16,18-19,31H,3-5,11-13,17H2,1-2H3/p+1. The van der Waals surface area contributed by atoms with E-state index in [4.69, 9.17) is 18.8 Å². The molecule has 2 N–H and O–H groups in total. The van der Waals surface area contributed by atoms with Gasteiger partial charge in [-0.3, -0.25) is 0 Å². The number of halogens is 3. The fourth-order valence-corrected chi connectivity index (χ4v) is 4.08. The van der Waals surface area contributed by atoms with Crippen molar-refractivity contribution in [3.05, 3.63) is 71.7 Å². The molecule has 0 aliphatic carbocycles. The van der Waals surface area contributed by atoms with Crippen LogP contribution in [0.4, 0.5) is 13.2 Å². The van der Waals surface area contributed by atoms with Crippen LogP contribution in [0, 0.1) is 0 Å². The van der Waals surface area contributed by atoms with Crippen molar-refractivity contribution >= 4 is 8.25 Å². The van der Waals surface area contributed by atoms with Gasteiger partial charge < -0.3 is 19.2 Å². The number of furan rings is 1. The number of nitrogens with one attached hydrogen (secondary N) is 1. The SMILES string of the molecule is CC(C)Oc1ccc(CCCOc2ccc(CNCCCO[P+](=O)O)cc2-c2ccoc2)cc1C(F)(F)F. The monoisotopic (exact) mass is 554 g/mol. The highest BCUT2D eigenvalue weighted by Gasteiger charge is 2.34. The minimum absolute atomic E-state index is 0.165. The van der Waals surface area contributed by atoms with Gasteiger partial charge in [0.05, 0.1) is 30.8 Å². The van der Waals surface area contributed by atoms with Gasteiger partial charge in [-0.2, -0.15) is 13.2 Å². The summed E-state index contributed by atoms with van der Waals surface area (Å²) in [6.45, 7) is 5.08. The van der Waals surface area contributed by atoms with E-state index >= 15 is 0 Å². The number of aryl methyl sites for hydroxylation is 1. The molecule has 0 aliphatic heterocycles. The molecule has 1 atom stereocenters. The summed E-state index contributed by atoms with van der Waals surface area (Å²) in [7, 11) is -2.58. The molecule has 7 nitrogen and oxygen atoms in total. The summed E-state index contributed by atoms with van der Waals surface area (Å²) in [6, 6.07) is 11.8. The van der Waals surface area contributed by atoms with Crippen molar-refractivity contribution in [2.75, 3.05) is 19.8 Å². The maximum atomic E-state index is 13.5. The fraction of sp³-hybridized carbons (Fsp3) is 0.407. The maximum absolute atomic E-state index is 13.5. The highest BCUT2D eigenvalue weighted by molar-refractivity contribution is 7.32. The Morgan fingerprint density at radius 2 is 1.79 bits per heavy atom. The predicted molar refractivity (Wildman–Crippen MR) is 137 cm³/mol. The van der Waals surface area contributed by atoms with E-state index in [1.165, 1.54) is 6.07 Å². The zero-order chi connectivity index (χ0) is 27.5. The van der Waals surface area contributed by atoms with Gasteiger partial charge in [0.15, 0.2) is 0 Å². The summed E-state index contributed by atoms with van der Waals surface area (Å²) >= 11 is 0. The van der Waals surface area contributed by atoms with Crippen LogP contribution in [0.3, 0.4) is 0 Å². The minimum Gasteiger partial charge on any atom is -0.493 e. The molecule has 0 spiro atoms. The Hall–Kier alpha value is -2.91. The first-order chi connectivity index (χ1) is 18.1. The lowest BCUT2D eigenvalue weighted by atomic mass is 10.0. The number of rotatable bonds is 15. The molecule has 1 aromatic heterocycles. The lowest BCUT2D eigenvalue weighted by molar-refractivity contribution is -0.139. The van der Waals surface area contributed by atoms with Crippen molar-refractivity contribution in [2.45, 2.75) is 51.9 Å². The molecule has 1 heterocycles. The van der Waals surface area contributed by atoms with E-state index in [-0.39, 0.29) is 18.5 Å². The maximum Gasteiger partial charge on any atom is 0.694 e. The molecule has 1 unspecified atom stereocenters. The molecule has 0 bridgehead atoms. The fourth-order valence-electron chi connectivity index (χ4n) is 3.80. The molecular formula is C27H32F3NO6P+. The van der Waals surface area contributed by atoms with Crippen molar-refractivity contribution in [1.82, 2.24) is 5.32 Å². The second-order valence-corrected chi connectivity index (χ2v) is 9.62. The molecule has 3 aromatic rings. The van der Waals surface area contributed by atoms with Gasteiger partial charge in [-0.25, -0.2) is 0 Å². The molecule has 0 saturated heterocycles. The van der Waals surface area contributed by atoms with E-state index < -0.39 is 20.0 Å². The van der Waals surface area contributed by atoms with Gasteiger partial charge in [0.25, 0.3) is 0 Å². The molecule has 0 aliphatic rings. The van der Waals surface area contributed by atoms with Crippen molar-refractivity contribution < 1.29 is 41.0 Å². The lowest BCUT2D eigenvalue weighted by Crippen LogP contribution is -2.16. The second kappa shape index (κ2) is 14.3. The Morgan fingerprint density at radius 1 is 1.03 bits per heavy atom. The Balaban J connectivity index is 1.58.